The van der Waals surface area contributed by atoms with Gasteiger partial charge in [0.25, 0.3) is 0 Å². The van der Waals surface area contributed by atoms with Crippen molar-refractivity contribution in [1.29, 1.82) is 5.41 Å². The summed E-state index contributed by atoms with van der Waals surface area (Å²) in [7, 11) is 1.81. The molecule has 0 unspecified atom stereocenters. The molecule has 0 aromatic carbocycles. The predicted octanol–water partition coefficient (Wildman–Crippen LogP) is 0.292. The van der Waals surface area contributed by atoms with Crippen LogP contribution in [-0.4, -0.2) is 12.9 Å². The van der Waals surface area contributed by atoms with Crippen LogP contribution in [0.25, 0.3) is 0 Å². The van der Waals surface area contributed by atoms with Crippen LogP contribution < -0.4 is 11.1 Å². The number of amidine groups is 1. The molecule has 0 saturated carbocycles. The summed E-state index contributed by atoms with van der Waals surface area (Å²) in [5.41, 5.74) is 4.69. The van der Waals surface area contributed by atoms with Crippen LogP contribution in [0.3, 0.4) is 0 Å². The molecule has 8 heavy (non-hydrogen) atoms. The van der Waals surface area contributed by atoms with E-state index in [1.165, 1.54) is 6.92 Å². The summed E-state index contributed by atoms with van der Waals surface area (Å²) < 4.78 is 0. The molecule has 0 aliphatic carbocycles. The Morgan fingerprint density at radius 3 is 2.00 bits per heavy atom. The molecule has 0 aliphatic heterocycles. The molecule has 4 N–H and O–H groups in total. The zero-order valence-corrected chi connectivity index (χ0v) is 5.36. The summed E-state index contributed by atoms with van der Waals surface area (Å²) in [6, 6.07) is 0. The fraction of sp³-hybridized carbons (Fsp3) is 0.400. The Balaban J connectivity index is 0. The van der Waals surface area contributed by atoms with Crippen LogP contribution in [0.1, 0.15) is 6.92 Å². The first-order valence-corrected chi connectivity index (χ1v) is 2.24. The van der Waals surface area contributed by atoms with Crippen LogP contribution in [0.5, 0.6) is 0 Å². The van der Waals surface area contributed by atoms with Gasteiger partial charge in [0.05, 0.1) is 5.84 Å². The molecule has 0 bridgehead atoms. The molecule has 0 amide bonds. The number of nitrogens with one attached hydrogen (secondary N) is 2. The van der Waals surface area contributed by atoms with E-state index in [1.54, 1.807) is 6.20 Å². The first kappa shape index (κ1) is 10.1. The van der Waals surface area contributed by atoms with E-state index < -0.39 is 0 Å². The normalized spacial score (nSPS) is 5.75. The van der Waals surface area contributed by atoms with E-state index >= 15 is 0 Å². The zero-order chi connectivity index (χ0) is 6.99. The van der Waals surface area contributed by atoms with Crippen molar-refractivity contribution in [2.45, 2.75) is 6.92 Å². The van der Waals surface area contributed by atoms with Crippen molar-refractivity contribution in [1.82, 2.24) is 5.32 Å². The lowest BCUT2D eigenvalue weighted by molar-refractivity contribution is 1.11. The predicted molar refractivity (Wildman–Crippen MR) is 36.8 cm³/mol. The maximum atomic E-state index is 6.28. The minimum atomic E-state index is 0.167. The van der Waals surface area contributed by atoms with Gasteiger partial charge < -0.3 is 11.1 Å². The maximum Gasteiger partial charge on any atom is 0.0873 e. The summed E-state index contributed by atoms with van der Waals surface area (Å²) in [5.74, 6) is 0.167. The fourth-order valence-electron chi connectivity index (χ4n) is 0. The highest BCUT2D eigenvalue weighted by molar-refractivity contribution is 5.73. The molecule has 0 heterocycles. The molecule has 0 atom stereocenters. The third-order valence-corrected chi connectivity index (χ3v) is 0.204. The highest BCUT2D eigenvalue weighted by Gasteiger charge is 1.53. The smallest absolute Gasteiger partial charge is 0.0873 e. The monoisotopic (exact) mass is 115 g/mol. The standard InChI is InChI=1S/C3H7N.C2H6N2/c1-3-4-2;1-2(3)4/h3-4H,1H2,2H3;1H3,(H3,3,4). The Kier molecular flexibility index (Phi) is 11.8. The third-order valence-electron chi connectivity index (χ3n) is 0.204. The minimum Gasteiger partial charge on any atom is -0.394 e. The summed E-state index contributed by atoms with van der Waals surface area (Å²) >= 11 is 0. The highest BCUT2D eigenvalue weighted by atomic mass is 14.8. The molecule has 0 rings (SSSR count). The number of nitrogens with two attached hydrogens (primary N) is 1. The lowest BCUT2D eigenvalue weighted by Gasteiger charge is -1.70. The van der Waals surface area contributed by atoms with Crippen molar-refractivity contribution in [2.24, 2.45) is 5.73 Å². The Morgan fingerprint density at radius 2 is 2.00 bits per heavy atom. The average Bonchev–Trinajstić information content (AvgIpc) is 1.65. The van der Waals surface area contributed by atoms with Gasteiger partial charge in [0.1, 0.15) is 0 Å². The summed E-state index contributed by atoms with van der Waals surface area (Å²) in [6.07, 6.45) is 1.62. The van der Waals surface area contributed by atoms with E-state index in [-0.39, 0.29) is 5.84 Å². The van der Waals surface area contributed by atoms with Gasteiger partial charge in [0.15, 0.2) is 0 Å². The van der Waals surface area contributed by atoms with Crippen LogP contribution in [-0.2, 0) is 0 Å². The van der Waals surface area contributed by atoms with E-state index in [9.17, 15) is 0 Å². The molecule has 0 spiro atoms. The summed E-state index contributed by atoms with van der Waals surface area (Å²) in [5, 5.41) is 8.97. The van der Waals surface area contributed by atoms with Crippen molar-refractivity contribution < 1.29 is 0 Å². The van der Waals surface area contributed by atoms with Crippen molar-refractivity contribution in [3.63, 3.8) is 0 Å². The molecule has 0 saturated heterocycles. The third kappa shape index (κ3) is 806000. The van der Waals surface area contributed by atoms with E-state index in [2.05, 4.69) is 11.9 Å². The summed E-state index contributed by atoms with van der Waals surface area (Å²) in [4.78, 5) is 0. The molecule has 0 fully saturated rings. The highest BCUT2D eigenvalue weighted by Crippen LogP contribution is 1.36. The van der Waals surface area contributed by atoms with Crippen LogP contribution in [0, 0.1) is 5.41 Å². The van der Waals surface area contributed by atoms with Crippen LogP contribution in [0.2, 0.25) is 0 Å². The zero-order valence-electron chi connectivity index (χ0n) is 5.36. The Hall–Kier alpha value is -0.990. The molecule has 0 radical (unpaired) electrons. The first-order chi connectivity index (χ1) is 3.65. The lowest BCUT2D eigenvalue weighted by atomic mass is 10.8. The van der Waals surface area contributed by atoms with Crippen molar-refractivity contribution in [2.75, 3.05) is 7.05 Å². The Labute approximate surface area is 50.1 Å². The number of hydrogen-bond acceptors (Lipinski definition) is 2. The summed E-state index contributed by atoms with van der Waals surface area (Å²) in [6.45, 7) is 4.90. The molecular weight excluding hydrogens is 102 g/mol. The van der Waals surface area contributed by atoms with Gasteiger partial charge in [-0.25, -0.2) is 0 Å². The van der Waals surface area contributed by atoms with Crippen LogP contribution >= 0.6 is 0 Å². The van der Waals surface area contributed by atoms with Gasteiger partial charge in [-0.15, -0.1) is 0 Å². The first-order valence-electron chi connectivity index (χ1n) is 2.24. The molecule has 0 aromatic heterocycles. The van der Waals surface area contributed by atoms with Gasteiger partial charge in [-0.2, -0.15) is 0 Å². The maximum absolute atomic E-state index is 6.28. The molecular formula is C5H13N3. The topological polar surface area (TPSA) is 61.9 Å². The second-order valence-corrected chi connectivity index (χ2v) is 1.18. The molecule has 3 nitrogen and oxygen atoms in total. The van der Waals surface area contributed by atoms with Crippen LogP contribution in [0.15, 0.2) is 12.8 Å². The molecule has 0 aliphatic rings. The average molecular weight is 115 g/mol. The molecule has 0 aromatic rings. The van der Waals surface area contributed by atoms with Gasteiger partial charge in [0, 0.05) is 7.05 Å². The van der Waals surface area contributed by atoms with E-state index in [1.807, 2.05) is 7.05 Å². The van der Waals surface area contributed by atoms with E-state index in [4.69, 9.17) is 11.1 Å². The van der Waals surface area contributed by atoms with Gasteiger partial charge >= 0.3 is 0 Å². The van der Waals surface area contributed by atoms with Crippen molar-refractivity contribution in [3.8, 4) is 0 Å². The molecule has 3 heteroatoms. The van der Waals surface area contributed by atoms with Crippen molar-refractivity contribution >= 4 is 5.84 Å². The van der Waals surface area contributed by atoms with Gasteiger partial charge in [-0.1, -0.05) is 6.58 Å². The van der Waals surface area contributed by atoms with Crippen LogP contribution in [0.4, 0.5) is 0 Å². The van der Waals surface area contributed by atoms with Gasteiger partial charge in [-0.05, 0) is 13.1 Å². The van der Waals surface area contributed by atoms with Gasteiger partial charge in [-0.3, -0.25) is 5.41 Å². The van der Waals surface area contributed by atoms with E-state index in [0.29, 0.717) is 0 Å². The molecule has 48 valence electrons. The van der Waals surface area contributed by atoms with Crippen molar-refractivity contribution in [3.05, 3.63) is 12.8 Å². The second-order valence-electron chi connectivity index (χ2n) is 1.18. The van der Waals surface area contributed by atoms with Gasteiger partial charge in [0.2, 0.25) is 0 Å². The second kappa shape index (κ2) is 9.38. The Morgan fingerprint density at radius 1 is 1.88 bits per heavy atom. The number of hydrogen-bond donors (Lipinski definition) is 3. The SMILES string of the molecule is C=CNC.CC(=N)N. The Bertz CT molecular complexity index is 64.1. The minimum absolute atomic E-state index is 0.167. The fourth-order valence-corrected chi connectivity index (χ4v) is 0. The van der Waals surface area contributed by atoms with E-state index in [0.717, 1.165) is 0 Å². The number of rotatable bonds is 1. The quantitative estimate of drug-likeness (QED) is 0.340. The lowest BCUT2D eigenvalue weighted by Crippen LogP contribution is -2.00. The largest absolute Gasteiger partial charge is 0.394 e.